The Balaban J connectivity index is 1.95. The second-order valence-electron chi connectivity index (χ2n) is 6.35. The summed E-state index contributed by atoms with van der Waals surface area (Å²) in [7, 11) is 1.88. The van der Waals surface area contributed by atoms with Gasteiger partial charge in [-0.2, -0.15) is 0 Å². The summed E-state index contributed by atoms with van der Waals surface area (Å²) in [5.41, 5.74) is 2.59. The van der Waals surface area contributed by atoms with E-state index in [1.807, 2.05) is 55.0 Å². The van der Waals surface area contributed by atoms with Gasteiger partial charge in [-0.15, -0.1) is 0 Å². The molecule has 7 heteroatoms. The number of nitrogens with zero attached hydrogens (tertiary/aromatic N) is 2. The van der Waals surface area contributed by atoms with Crippen LogP contribution < -0.4 is 10.1 Å². The first-order valence-corrected chi connectivity index (χ1v) is 9.28. The quantitative estimate of drug-likeness (QED) is 0.814. The second kappa shape index (κ2) is 8.05. The van der Waals surface area contributed by atoms with Crippen LogP contribution in [0, 0.1) is 0 Å². The number of carbonyl (C=O) groups excluding carboxylic acids is 1. The molecule has 0 unspecified atom stereocenters. The molecule has 1 fully saturated rings. The molecule has 0 aliphatic carbocycles. The fourth-order valence-corrected chi connectivity index (χ4v) is 3.48. The number of benzene rings is 1. The molecular formula is C19H25N3O3S. The molecule has 6 nitrogen and oxygen atoms in total. The Hall–Kier alpha value is -2.12. The molecule has 2 aliphatic rings. The maximum atomic E-state index is 13.2. The maximum absolute atomic E-state index is 13.2. The van der Waals surface area contributed by atoms with E-state index in [4.69, 9.17) is 21.7 Å². The Morgan fingerprint density at radius 3 is 2.58 bits per heavy atom. The molecule has 3 rings (SSSR count). The van der Waals surface area contributed by atoms with Gasteiger partial charge in [0.25, 0.3) is 5.91 Å². The number of nitrogens with one attached hydrogen (secondary N) is 1. The third kappa shape index (κ3) is 3.68. The maximum Gasteiger partial charge on any atom is 0.254 e. The molecule has 1 aromatic rings. The highest BCUT2D eigenvalue weighted by Crippen LogP contribution is 2.32. The average molecular weight is 375 g/mol. The van der Waals surface area contributed by atoms with E-state index in [9.17, 15) is 4.79 Å². The number of rotatable bonds is 4. The van der Waals surface area contributed by atoms with E-state index in [-0.39, 0.29) is 11.9 Å². The summed E-state index contributed by atoms with van der Waals surface area (Å²) in [5.74, 6) is 0.847. The summed E-state index contributed by atoms with van der Waals surface area (Å²) < 4.78 is 10.9. The molecule has 2 aliphatic heterocycles. The Morgan fingerprint density at radius 1 is 1.31 bits per heavy atom. The standard InChI is InChI=1S/C19H25N3O3S/c1-4-25-15-7-5-14(6-8-15)17-16(13(2)21(3)19(26)20-17)18(23)22-9-11-24-12-10-22/h5-8,17H,4,9-12H2,1-3H3,(H,20,26)/t17-/m0/s1. The van der Waals surface area contributed by atoms with Gasteiger partial charge in [-0.05, 0) is 43.8 Å². The number of carbonyl (C=O) groups is 1. The number of thiocarbonyl (C=S) groups is 1. The molecule has 1 amide bonds. The predicted molar refractivity (Wildman–Crippen MR) is 104 cm³/mol. The Bertz CT molecular complexity index is 711. The smallest absolute Gasteiger partial charge is 0.254 e. The van der Waals surface area contributed by atoms with Gasteiger partial charge in [-0.3, -0.25) is 4.79 Å². The van der Waals surface area contributed by atoms with Gasteiger partial charge in [-0.1, -0.05) is 12.1 Å². The molecule has 0 saturated carbocycles. The van der Waals surface area contributed by atoms with Crippen LogP contribution in [0.3, 0.4) is 0 Å². The number of amides is 1. The zero-order valence-electron chi connectivity index (χ0n) is 15.4. The predicted octanol–water partition coefficient (Wildman–Crippen LogP) is 2.08. The minimum atomic E-state index is -0.273. The molecule has 0 bridgehead atoms. The van der Waals surface area contributed by atoms with Crippen molar-refractivity contribution >= 4 is 23.2 Å². The van der Waals surface area contributed by atoms with Crippen molar-refractivity contribution in [1.29, 1.82) is 0 Å². The molecule has 1 atom stereocenters. The van der Waals surface area contributed by atoms with E-state index >= 15 is 0 Å². The first-order valence-electron chi connectivity index (χ1n) is 8.87. The second-order valence-corrected chi connectivity index (χ2v) is 6.73. The molecular weight excluding hydrogens is 350 g/mol. The summed E-state index contributed by atoms with van der Waals surface area (Å²) in [4.78, 5) is 17.0. The summed E-state index contributed by atoms with van der Waals surface area (Å²) in [6.45, 7) is 6.90. The van der Waals surface area contributed by atoms with Crippen LogP contribution in [0.4, 0.5) is 0 Å². The number of morpholine rings is 1. The Morgan fingerprint density at radius 2 is 1.96 bits per heavy atom. The summed E-state index contributed by atoms with van der Waals surface area (Å²) >= 11 is 5.46. The molecule has 140 valence electrons. The highest BCUT2D eigenvalue weighted by atomic mass is 32.1. The van der Waals surface area contributed by atoms with E-state index in [0.717, 1.165) is 22.6 Å². The van der Waals surface area contributed by atoms with Crippen LogP contribution in [0.15, 0.2) is 35.5 Å². The first-order chi connectivity index (χ1) is 12.5. The van der Waals surface area contributed by atoms with Gasteiger partial charge >= 0.3 is 0 Å². The summed E-state index contributed by atoms with van der Waals surface area (Å²) in [5, 5.41) is 3.93. The van der Waals surface area contributed by atoms with Crippen LogP contribution in [0.2, 0.25) is 0 Å². The van der Waals surface area contributed by atoms with E-state index < -0.39 is 0 Å². The number of hydrogen-bond donors (Lipinski definition) is 1. The van der Waals surface area contributed by atoms with Crippen LogP contribution in [0.1, 0.15) is 25.5 Å². The van der Waals surface area contributed by atoms with Gasteiger partial charge < -0.3 is 24.6 Å². The molecule has 26 heavy (non-hydrogen) atoms. The zero-order valence-corrected chi connectivity index (χ0v) is 16.3. The SMILES string of the molecule is CCOc1ccc([C@@H]2NC(=S)N(C)C(C)=C2C(=O)N2CCOCC2)cc1. The molecule has 1 aromatic carbocycles. The van der Waals surface area contributed by atoms with E-state index in [2.05, 4.69) is 5.32 Å². The Labute approximate surface area is 159 Å². The highest BCUT2D eigenvalue weighted by molar-refractivity contribution is 7.80. The van der Waals surface area contributed by atoms with E-state index in [1.54, 1.807) is 0 Å². The fraction of sp³-hybridized carbons (Fsp3) is 0.474. The monoisotopic (exact) mass is 375 g/mol. The van der Waals surface area contributed by atoms with Crippen LogP contribution >= 0.6 is 12.2 Å². The zero-order chi connectivity index (χ0) is 18.7. The first kappa shape index (κ1) is 18.7. The van der Waals surface area contributed by atoms with Gasteiger partial charge in [0, 0.05) is 25.8 Å². The lowest BCUT2D eigenvalue weighted by atomic mass is 9.94. The third-order valence-electron chi connectivity index (χ3n) is 4.81. The van der Waals surface area contributed by atoms with Crippen LogP contribution in [0.25, 0.3) is 0 Å². The lowest BCUT2D eigenvalue weighted by molar-refractivity contribution is -0.131. The molecule has 0 aromatic heterocycles. The highest BCUT2D eigenvalue weighted by Gasteiger charge is 2.35. The minimum Gasteiger partial charge on any atom is -0.494 e. The minimum absolute atomic E-state index is 0.0338. The lowest BCUT2D eigenvalue weighted by Crippen LogP contribution is -2.50. The van der Waals surface area contributed by atoms with Crippen molar-refractivity contribution in [3.8, 4) is 5.75 Å². The van der Waals surface area contributed by atoms with Gasteiger partial charge in [-0.25, -0.2) is 0 Å². The van der Waals surface area contributed by atoms with Crippen molar-refractivity contribution in [1.82, 2.24) is 15.1 Å². The fourth-order valence-electron chi connectivity index (χ4n) is 3.22. The molecule has 0 spiro atoms. The topological polar surface area (TPSA) is 54.0 Å². The number of ether oxygens (including phenoxy) is 2. The van der Waals surface area contributed by atoms with Crippen LogP contribution in [-0.4, -0.2) is 60.8 Å². The van der Waals surface area contributed by atoms with Crippen molar-refractivity contribution in [3.63, 3.8) is 0 Å². The lowest BCUT2D eigenvalue weighted by Gasteiger charge is -2.38. The Kier molecular flexibility index (Phi) is 5.78. The van der Waals surface area contributed by atoms with E-state index in [0.29, 0.717) is 38.0 Å². The average Bonchev–Trinajstić information content (AvgIpc) is 2.67. The largest absolute Gasteiger partial charge is 0.494 e. The van der Waals surface area contributed by atoms with E-state index in [1.165, 1.54) is 0 Å². The summed E-state index contributed by atoms with van der Waals surface area (Å²) in [6, 6.07) is 7.54. The van der Waals surface area contributed by atoms with Crippen molar-refractivity contribution in [2.45, 2.75) is 19.9 Å². The van der Waals surface area contributed by atoms with Gasteiger partial charge in [0.15, 0.2) is 5.11 Å². The molecule has 1 saturated heterocycles. The number of allylic oxidation sites excluding steroid dienone is 1. The summed E-state index contributed by atoms with van der Waals surface area (Å²) in [6.07, 6.45) is 0. The van der Waals surface area contributed by atoms with Crippen molar-refractivity contribution in [2.24, 2.45) is 0 Å². The van der Waals surface area contributed by atoms with Crippen molar-refractivity contribution in [2.75, 3.05) is 40.0 Å². The third-order valence-corrected chi connectivity index (χ3v) is 5.20. The van der Waals surface area contributed by atoms with Gasteiger partial charge in [0.1, 0.15) is 5.75 Å². The molecule has 2 heterocycles. The van der Waals surface area contributed by atoms with Crippen molar-refractivity contribution < 1.29 is 14.3 Å². The van der Waals surface area contributed by atoms with Gasteiger partial charge in [0.05, 0.1) is 31.4 Å². The van der Waals surface area contributed by atoms with Crippen LogP contribution in [-0.2, 0) is 9.53 Å². The molecule has 1 N–H and O–H groups in total. The molecule has 0 radical (unpaired) electrons. The number of hydrogen-bond acceptors (Lipinski definition) is 4. The van der Waals surface area contributed by atoms with Gasteiger partial charge in [0.2, 0.25) is 0 Å². The van der Waals surface area contributed by atoms with Crippen LogP contribution in [0.5, 0.6) is 5.75 Å². The normalized spacial score (nSPS) is 20.9. The van der Waals surface area contributed by atoms with Crippen molar-refractivity contribution in [3.05, 3.63) is 41.1 Å².